The van der Waals surface area contributed by atoms with Gasteiger partial charge in [0.25, 0.3) is 0 Å². The topological polar surface area (TPSA) is 55.9 Å². The summed E-state index contributed by atoms with van der Waals surface area (Å²) in [6, 6.07) is 81.8. The van der Waals surface area contributed by atoms with Crippen molar-refractivity contribution in [2.75, 3.05) is 41.1 Å². The third-order valence-corrected chi connectivity index (χ3v) is 13.6. The van der Waals surface area contributed by atoms with E-state index in [4.69, 9.17) is 30.1 Å². The fraction of sp³-hybridized carbons (Fsp3) is 0.127. The fourth-order valence-corrected chi connectivity index (χ4v) is 10.0. The smallest absolute Gasteiger partial charge is 0.164 e. The number of aryl methyl sites for hydroxylation is 1. The third kappa shape index (κ3) is 11.5. The van der Waals surface area contributed by atoms with Crippen LogP contribution < -0.4 is 38.4 Å². The van der Waals surface area contributed by atoms with Gasteiger partial charge in [0.1, 0.15) is 29.1 Å². The Morgan fingerprint density at radius 2 is 0.557 bits per heavy atom. The van der Waals surface area contributed by atoms with Crippen molar-refractivity contribution in [2.24, 2.45) is 0 Å². The number of rotatable bonds is 21. The van der Waals surface area contributed by atoms with Crippen molar-refractivity contribution in [3.8, 4) is 74.7 Å². The van der Waals surface area contributed by atoms with Gasteiger partial charge in [0, 0.05) is 22.7 Å². The number of ether oxygens (including phenoxy) is 5. The fourth-order valence-electron chi connectivity index (χ4n) is 10.0. The number of nitrogens with zero attached hydrogens (tertiary/aromatic N) is 3. The lowest BCUT2D eigenvalue weighted by atomic mass is 9.93. The summed E-state index contributed by atoms with van der Waals surface area (Å²) in [6.45, 7) is 12.3. The first-order valence-electron chi connectivity index (χ1n) is 26.9. The van der Waals surface area contributed by atoms with Crippen LogP contribution in [0.5, 0.6) is 28.7 Å². The average Bonchev–Trinajstić information content (AvgIpc) is 3.52. The Morgan fingerprint density at radius 1 is 0.304 bits per heavy atom. The van der Waals surface area contributed by atoms with Gasteiger partial charge in [-0.05, 0) is 195 Å². The second kappa shape index (κ2) is 24.9. The van der Waals surface area contributed by atoms with Gasteiger partial charge < -0.3 is 38.4 Å². The molecule has 0 aliphatic rings. The predicted molar refractivity (Wildman–Crippen MR) is 326 cm³/mol. The molecule has 0 aliphatic carbocycles. The minimum Gasteiger partial charge on any atom is -0.492 e. The van der Waals surface area contributed by atoms with Crippen LogP contribution in [0.1, 0.15) is 33.3 Å². The molecule has 0 radical (unpaired) electrons. The summed E-state index contributed by atoms with van der Waals surface area (Å²) >= 11 is 0. The lowest BCUT2D eigenvalue weighted by Gasteiger charge is -2.29. The van der Waals surface area contributed by atoms with E-state index < -0.39 is 0 Å². The standard InChI is InChI=1S/C71H63N3O5/c1-7-75-67-31-19-14-26-62(67)72(61-25-13-12-24-51(61)6)58-42-36-52(37-43-58)55-48-56(53-38-44-59(45-39-53)73(63-27-15-20-32-68(63)76-8-2)64-28-16-21-33-69(64)77-9-3)50-57(49-55)54-40-46-60(47-41-54)74(65-29-17-22-34-70(65)78-10-4)66-30-18-23-35-71(66)79-11-5/h2,12-50H,7,9-11H2,1,3-6H3. The van der Waals surface area contributed by atoms with E-state index in [1.165, 1.54) is 0 Å². The Morgan fingerprint density at radius 3 is 0.848 bits per heavy atom. The highest BCUT2D eigenvalue weighted by molar-refractivity contribution is 5.89. The number of hydrogen-bond donors (Lipinski definition) is 0. The largest absolute Gasteiger partial charge is 0.492 e. The van der Waals surface area contributed by atoms with Gasteiger partial charge in [-0.15, -0.1) is 0 Å². The number of anilines is 9. The van der Waals surface area contributed by atoms with Gasteiger partial charge in [0.05, 0.1) is 54.9 Å². The third-order valence-electron chi connectivity index (χ3n) is 13.6. The summed E-state index contributed by atoms with van der Waals surface area (Å²) in [5.41, 5.74) is 15.9. The summed E-state index contributed by atoms with van der Waals surface area (Å²) in [5, 5.41) is 0. The van der Waals surface area contributed by atoms with E-state index in [0.29, 0.717) is 32.2 Å². The van der Waals surface area contributed by atoms with E-state index in [9.17, 15) is 0 Å². The summed E-state index contributed by atoms with van der Waals surface area (Å²) in [4.78, 5) is 6.62. The molecule has 0 saturated carbocycles. The zero-order chi connectivity index (χ0) is 54.5. The first kappa shape index (κ1) is 52.6. The Bertz CT molecular complexity index is 3650. The van der Waals surface area contributed by atoms with E-state index in [1.807, 2.05) is 125 Å². The minimum atomic E-state index is 0.505. The molecule has 0 amide bonds. The predicted octanol–water partition coefficient (Wildman–Crippen LogP) is 19.0. The molecule has 392 valence electrons. The average molecular weight is 1040 g/mol. The maximum absolute atomic E-state index is 6.23. The quantitative estimate of drug-likeness (QED) is 0.0660. The van der Waals surface area contributed by atoms with Crippen LogP contribution in [-0.2, 0) is 0 Å². The van der Waals surface area contributed by atoms with Crippen LogP contribution >= 0.6 is 0 Å². The SMILES string of the molecule is C#COc1ccccc1N(c1ccc(-c2cc(-c3ccc(N(c4ccccc4C)c4ccccc4OCC)cc3)cc(-c3ccc(N(c4ccccc4OCC)c4ccccc4OCC)cc3)c2)cc1)c1ccccc1OCC. The lowest BCUT2D eigenvalue weighted by Crippen LogP contribution is -2.13. The van der Waals surface area contributed by atoms with Gasteiger partial charge >= 0.3 is 0 Å². The van der Waals surface area contributed by atoms with Crippen LogP contribution in [0.3, 0.4) is 0 Å². The molecule has 0 unspecified atom stereocenters. The van der Waals surface area contributed by atoms with Crippen molar-refractivity contribution in [1.29, 1.82) is 0 Å². The van der Waals surface area contributed by atoms with Crippen molar-refractivity contribution in [2.45, 2.75) is 34.6 Å². The summed E-state index contributed by atoms with van der Waals surface area (Å²) in [6.07, 6.45) is 8.11. The van der Waals surface area contributed by atoms with Gasteiger partial charge in [0.15, 0.2) is 5.75 Å². The highest BCUT2D eigenvalue weighted by Crippen LogP contribution is 2.48. The van der Waals surface area contributed by atoms with Crippen molar-refractivity contribution in [3.63, 3.8) is 0 Å². The van der Waals surface area contributed by atoms with E-state index in [0.717, 1.165) is 113 Å². The molecule has 0 aliphatic heterocycles. The van der Waals surface area contributed by atoms with Crippen molar-refractivity contribution >= 4 is 51.2 Å². The minimum absolute atomic E-state index is 0.505. The Hall–Kier alpha value is -9.84. The van der Waals surface area contributed by atoms with Crippen LogP contribution in [0, 0.1) is 19.5 Å². The number of terminal acetylenes is 1. The Labute approximate surface area is 465 Å². The molecule has 0 spiro atoms. The van der Waals surface area contributed by atoms with Crippen molar-refractivity contribution < 1.29 is 23.7 Å². The van der Waals surface area contributed by atoms with Crippen LogP contribution in [0.25, 0.3) is 33.4 Å². The van der Waals surface area contributed by atoms with Gasteiger partial charge in [-0.3, -0.25) is 0 Å². The molecule has 0 N–H and O–H groups in total. The molecular formula is C71H63N3O5. The molecule has 0 heterocycles. The molecule has 10 rings (SSSR count). The van der Waals surface area contributed by atoms with Crippen LogP contribution in [-0.4, -0.2) is 26.4 Å². The maximum atomic E-state index is 6.23. The first-order chi connectivity index (χ1) is 38.9. The molecule has 8 heteroatoms. The molecular weight excluding hydrogens is 975 g/mol. The first-order valence-corrected chi connectivity index (χ1v) is 26.9. The van der Waals surface area contributed by atoms with Crippen LogP contribution in [0.4, 0.5) is 51.2 Å². The molecule has 10 aromatic carbocycles. The second-order valence-corrected chi connectivity index (χ2v) is 18.5. The van der Waals surface area contributed by atoms with Crippen LogP contribution in [0.15, 0.2) is 237 Å². The molecule has 0 fully saturated rings. The zero-order valence-electron chi connectivity index (χ0n) is 45.3. The molecule has 0 bridgehead atoms. The lowest BCUT2D eigenvalue weighted by molar-refractivity contribution is 0.339. The molecule has 79 heavy (non-hydrogen) atoms. The Kier molecular flexibility index (Phi) is 16.6. The van der Waals surface area contributed by atoms with Gasteiger partial charge in [0.2, 0.25) is 0 Å². The molecule has 8 nitrogen and oxygen atoms in total. The number of hydrogen-bond acceptors (Lipinski definition) is 8. The van der Waals surface area contributed by atoms with Gasteiger partial charge in [-0.1, -0.05) is 122 Å². The van der Waals surface area contributed by atoms with E-state index in [1.54, 1.807) is 0 Å². The molecule has 10 aromatic rings. The van der Waals surface area contributed by atoms with E-state index in [2.05, 4.69) is 167 Å². The number of para-hydroxylation sites is 11. The molecule has 0 atom stereocenters. The second-order valence-electron chi connectivity index (χ2n) is 18.5. The van der Waals surface area contributed by atoms with Crippen molar-refractivity contribution in [1.82, 2.24) is 0 Å². The monoisotopic (exact) mass is 1040 g/mol. The molecule has 0 aromatic heterocycles. The van der Waals surface area contributed by atoms with Crippen molar-refractivity contribution in [3.05, 3.63) is 242 Å². The number of benzene rings is 10. The summed E-state index contributed by atoms with van der Waals surface area (Å²) < 4.78 is 30.7. The maximum Gasteiger partial charge on any atom is 0.164 e. The van der Waals surface area contributed by atoms with Gasteiger partial charge in [-0.25, -0.2) is 0 Å². The van der Waals surface area contributed by atoms with E-state index >= 15 is 0 Å². The van der Waals surface area contributed by atoms with E-state index in [-0.39, 0.29) is 0 Å². The normalized spacial score (nSPS) is 10.8. The van der Waals surface area contributed by atoms with Crippen LogP contribution in [0.2, 0.25) is 0 Å². The zero-order valence-corrected chi connectivity index (χ0v) is 45.3. The highest BCUT2D eigenvalue weighted by atomic mass is 16.5. The van der Waals surface area contributed by atoms with Gasteiger partial charge in [-0.2, -0.15) is 0 Å². The summed E-state index contributed by atoms with van der Waals surface area (Å²) in [7, 11) is 0. The molecule has 0 saturated heterocycles. The Balaban J connectivity index is 1.10. The highest BCUT2D eigenvalue weighted by Gasteiger charge is 2.24. The summed E-state index contributed by atoms with van der Waals surface area (Å²) in [5.74, 6) is 3.66.